The molecule has 0 bridgehead atoms. The number of carbonyl (C=O) groups excluding carboxylic acids is 1. The molecule has 3 N–H and O–H groups in total. The maximum absolute atomic E-state index is 11.9. The highest BCUT2D eigenvalue weighted by Crippen LogP contribution is 2.12. The van der Waals surface area contributed by atoms with Crippen LogP contribution < -0.4 is 15.4 Å². The Kier molecular flexibility index (Phi) is 7.04. The largest absolute Gasteiger partial charge is 0.493 e. The Morgan fingerprint density at radius 1 is 1.25 bits per heavy atom. The highest BCUT2D eigenvalue weighted by atomic mass is 16.5. The third-order valence-corrected chi connectivity index (χ3v) is 3.45. The maximum atomic E-state index is 11.9. The van der Waals surface area contributed by atoms with Crippen molar-refractivity contribution in [3.63, 3.8) is 0 Å². The van der Waals surface area contributed by atoms with Crippen LogP contribution in [0.2, 0.25) is 0 Å². The summed E-state index contributed by atoms with van der Waals surface area (Å²) in [6.07, 6.45) is 2.65. The van der Waals surface area contributed by atoms with Crippen LogP contribution in [0.25, 0.3) is 0 Å². The lowest BCUT2D eigenvalue weighted by molar-refractivity contribution is -0.116. The van der Waals surface area contributed by atoms with Crippen LogP contribution in [0.15, 0.2) is 48.7 Å². The highest BCUT2D eigenvalue weighted by molar-refractivity contribution is 5.90. The molecule has 1 aromatic heterocycles. The number of benzene rings is 1. The number of amides is 1. The van der Waals surface area contributed by atoms with Crippen molar-refractivity contribution in [2.75, 3.05) is 23.8 Å². The Labute approximate surface area is 141 Å². The Morgan fingerprint density at radius 3 is 2.67 bits per heavy atom. The number of aliphatic hydroxyl groups is 1. The van der Waals surface area contributed by atoms with Crippen molar-refractivity contribution >= 4 is 17.4 Å². The molecule has 1 unspecified atom stereocenters. The smallest absolute Gasteiger partial charge is 0.227 e. The predicted octanol–water partition coefficient (Wildman–Crippen LogP) is 2.67. The first-order valence-electron chi connectivity index (χ1n) is 8.02. The van der Waals surface area contributed by atoms with Gasteiger partial charge in [0.15, 0.2) is 0 Å². The van der Waals surface area contributed by atoms with Crippen molar-refractivity contribution in [3.8, 4) is 5.75 Å². The summed E-state index contributed by atoms with van der Waals surface area (Å²) in [4.78, 5) is 16.1. The molecule has 128 valence electrons. The number of hydrogen-bond donors (Lipinski definition) is 3. The summed E-state index contributed by atoms with van der Waals surface area (Å²) in [6, 6.07) is 12.9. The van der Waals surface area contributed by atoms with E-state index in [1.165, 1.54) is 0 Å². The molecule has 0 fully saturated rings. The lowest BCUT2D eigenvalue weighted by Gasteiger charge is -2.14. The van der Waals surface area contributed by atoms with Crippen molar-refractivity contribution in [2.24, 2.45) is 0 Å². The molecule has 0 saturated heterocycles. The highest BCUT2D eigenvalue weighted by Gasteiger charge is 2.06. The van der Waals surface area contributed by atoms with Crippen molar-refractivity contribution in [3.05, 3.63) is 48.7 Å². The fraction of sp³-hybridized carbons (Fsp3) is 0.333. The topological polar surface area (TPSA) is 83.5 Å². The number of ether oxygens (including phenoxy) is 1. The van der Waals surface area contributed by atoms with Crippen LogP contribution in [0.3, 0.4) is 0 Å². The zero-order valence-corrected chi connectivity index (χ0v) is 13.7. The minimum atomic E-state index is -0.129. The lowest BCUT2D eigenvalue weighted by Crippen LogP contribution is -2.23. The van der Waals surface area contributed by atoms with Gasteiger partial charge in [0, 0.05) is 0 Å². The van der Waals surface area contributed by atoms with Gasteiger partial charge in [0.05, 0.1) is 37.6 Å². The number of aromatic nitrogens is 1. The second-order valence-corrected chi connectivity index (χ2v) is 5.32. The number of rotatable bonds is 9. The first kappa shape index (κ1) is 17.7. The molecule has 1 amide bonds. The van der Waals surface area contributed by atoms with Crippen LogP contribution in [0.4, 0.5) is 11.5 Å². The molecule has 24 heavy (non-hydrogen) atoms. The summed E-state index contributed by atoms with van der Waals surface area (Å²) in [6.45, 7) is 2.36. The van der Waals surface area contributed by atoms with E-state index in [9.17, 15) is 4.79 Å². The minimum Gasteiger partial charge on any atom is -0.493 e. The van der Waals surface area contributed by atoms with E-state index >= 15 is 0 Å². The minimum absolute atomic E-state index is 0.0203. The van der Waals surface area contributed by atoms with Crippen molar-refractivity contribution < 1.29 is 14.6 Å². The number of para-hydroxylation sites is 1. The molecular weight excluding hydrogens is 306 g/mol. The lowest BCUT2D eigenvalue weighted by atomic mass is 10.2. The normalized spacial score (nSPS) is 11.6. The first-order chi connectivity index (χ1) is 11.7. The van der Waals surface area contributed by atoms with E-state index in [1.807, 2.05) is 37.3 Å². The number of nitrogens with one attached hydrogen (secondary N) is 2. The SMILES string of the molecule is CCC(CO)Nc1ccc(NC(=O)CCOc2ccccc2)cn1. The van der Waals surface area contributed by atoms with E-state index in [-0.39, 0.29) is 25.0 Å². The van der Waals surface area contributed by atoms with Crippen molar-refractivity contribution in [1.29, 1.82) is 0 Å². The van der Waals surface area contributed by atoms with E-state index in [4.69, 9.17) is 9.84 Å². The van der Waals surface area contributed by atoms with Crippen molar-refractivity contribution in [1.82, 2.24) is 4.98 Å². The zero-order chi connectivity index (χ0) is 17.2. The fourth-order valence-electron chi connectivity index (χ4n) is 2.04. The molecule has 0 spiro atoms. The molecule has 0 aliphatic rings. The van der Waals surface area contributed by atoms with Crippen LogP contribution in [0.1, 0.15) is 19.8 Å². The number of nitrogens with zero attached hydrogens (tertiary/aromatic N) is 1. The molecule has 2 aromatic rings. The van der Waals surface area contributed by atoms with Gasteiger partial charge in [-0.05, 0) is 30.7 Å². The molecule has 0 saturated carbocycles. The second kappa shape index (κ2) is 9.52. The third kappa shape index (κ3) is 5.89. The molecule has 6 heteroatoms. The molecule has 1 atom stereocenters. The van der Waals surface area contributed by atoms with Gasteiger partial charge in [0.25, 0.3) is 0 Å². The third-order valence-electron chi connectivity index (χ3n) is 3.45. The maximum Gasteiger partial charge on any atom is 0.227 e. The summed E-state index contributed by atoms with van der Waals surface area (Å²) >= 11 is 0. The summed E-state index contributed by atoms with van der Waals surface area (Å²) < 4.78 is 5.49. The van der Waals surface area contributed by atoms with Gasteiger partial charge in [0.2, 0.25) is 5.91 Å². The second-order valence-electron chi connectivity index (χ2n) is 5.32. The summed E-state index contributed by atoms with van der Waals surface area (Å²) in [5, 5.41) is 15.1. The van der Waals surface area contributed by atoms with Gasteiger partial charge in [-0.15, -0.1) is 0 Å². The van der Waals surface area contributed by atoms with Gasteiger partial charge in [-0.1, -0.05) is 25.1 Å². The molecule has 6 nitrogen and oxygen atoms in total. The van der Waals surface area contributed by atoms with Gasteiger partial charge >= 0.3 is 0 Å². The Morgan fingerprint density at radius 2 is 2.04 bits per heavy atom. The predicted molar refractivity (Wildman–Crippen MR) is 94.2 cm³/mol. The summed E-state index contributed by atoms with van der Waals surface area (Å²) in [5.41, 5.74) is 0.627. The average Bonchev–Trinajstić information content (AvgIpc) is 2.62. The van der Waals surface area contributed by atoms with E-state index in [0.717, 1.165) is 12.2 Å². The number of carbonyl (C=O) groups is 1. The number of pyridine rings is 1. The van der Waals surface area contributed by atoms with Crippen LogP contribution in [-0.2, 0) is 4.79 Å². The molecule has 0 aliphatic heterocycles. The van der Waals surface area contributed by atoms with Gasteiger partial charge in [-0.25, -0.2) is 4.98 Å². The van der Waals surface area contributed by atoms with Gasteiger partial charge < -0.3 is 20.5 Å². The van der Waals surface area contributed by atoms with E-state index in [2.05, 4.69) is 15.6 Å². The Hall–Kier alpha value is -2.60. The average molecular weight is 329 g/mol. The monoisotopic (exact) mass is 329 g/mol. The Bertz CT molecular complexity index is 613. The number of aliphatic hydroxyl groups excluding tert-OH is 1. The van der Waals surface area contributed by atoms with Crippen LogP contribution in [0.5, 0.6) is 5.75 Å². The molecule has 1 aromatic carbocycles. The zero-order valence-electron chi connectivity index (χ0n) is 13.7. The summed E-state index contributed by atoms with van der Waals surface area (Å²) in [5.74, 6) is 1.29. The van der Waals surface area contributed by atoms with Gasteiger partial charge in [-0.2, -0.15) is 0 Å². The molecule has 0 radical (unpaired) electrons. The fourth-order valence-corrected chi connectivity index (χ4v) is 2.04. The van der Waals surface area contributed by atoms with E-state index < -0.39 is 0 Å². The molecule has 2 rings (SSSR count). The first-order valence-corrected chi connectivity index (χ1v) is 8.02. The van der Waals surface area contributed by atoms with Gasteiger partial charge in [-0.3, -0.25) is 4.79 Å². The molecule has 0 aliphatic carbocycles. The van der Waals surface area contributed by atoms with E-state index in [1.54, 1.807) is 18.3 Å². The van der Waals surface area contributed by atoms with Crippen LogP contribution in [0, 0.1) is 0 Å². The van der Waals surface area contributed by atoms with Crippen LogP contribution >= 0.6 is 0 Å². The number of anilines is 2. The van der Waals surface area contributed by atoms with Crippen molar-refractivity contribution in [2.45, 2.75) is 25.8 Å². The van der Waals surface area contributed by atoms with Crippen LogP contribution in [-0.4, -0.2) is 35.3 Å². The van der Waals surface area contributed by atoms with Gasteiger partial charge in [0.1, 0.15) is 11.6 Å². The summed E-state index contributed by atoms with van der Waals surface area (Å²) in [7, 11) is 0. The quantitative estimate of drug-likeness (QED) is 0.659. The Balaban J connectivity index is 1.75. The molecule has 1 heterocycles. The number of hydrogen-bond acceptors (Lipinski definition) is 5. The standard InChI is InChI=1S/C18H23N3O3/c1-2-14(13-22)20-17-9-8-15(12-19-17)21-18(23)10-11-24-16-6-4-3-5-7-16/h3-9,12,14,22H,2,10-11,13H2,1H3,(H,19,20)(H,21,23). The van der Waals surface area contributed by atoms with E-state index in [0.29, 0.717) is 18.1 Å². The molecular formula is C18H23N3O3.